The second-order valence-corrected chi connectivity index (χ2v) is 4.91. The van der Waals surface area contributed by atoms with E-state index in [-0.39, 0.29) is 5.69 Å². The lowest BCUT2D eigenvalue weighted by molar-refractivity contribution is 0.111. The van der Waals surface area contributed by atoms with E-state index in [1.165, 1.54) is 6.07 Å². The molecule has 0 fully saturated rings. The molecule has 2 heterocycles. The largest absolute Gasteiger partial charge is 0.296 e. The molecule has 0 saturated heterocycles. The molecule has 0 unspecified atom stereocenters. The van der Waals surface area contributed by atoms with Crippen LogP contribution in [0.2, 0.25) is 0 Å². The van der Waals surface area contributed by atoms with Crippen LogP contribution in [0.5, 0.6) is 0 Å². The van der Waals surface area contributed by atoms with E-state index in [1.54, 1.807) is 17.4 Å². The van der Waals surface area contributed by atoms with Crippen molar-refractivity contribution in [2.75, 3.05) is 0 Å². The van der Waals surface area contributed by atoms with Crippen LogP contribution >= 0.6 is 11.3 Å². The molecule has 18 heavy (non-hydrogen) atoms. The summed E-state index contributed by atoms with van der Waals surface area (Å²) in [4.78, 5) is 15.6. The first-order chi connectivity index (χ1) is 8.78. The number of aldehydes is 1. The molecular formula is C14H8FNOS. The SMILES string of the molecule is O=Cc1nc(-c2cc3ccccc3s2)ccc1F. The highest BCUT2D eigenvalue weighted by Crippen LogP contribution is 2.32. The number of fused-ring (bicyclic) bond motifs is 1. The highest BCUT2D eigenvalue weighted by Gasteiger charge is 2.08. The molecule has 0 N–H and O–H groups in total. The van der Waals surface area contributed by atoms with Gasteiger partial charge in [-0.25, -0.2) is 9.37 Å². The highest BCUT2D eigenvalue weighted by molar-refractivity contribution is 7.22. The molecule has 0 amide bonds. The molecule has 3 aromatic rings. The van der Waals surface area contributed by atoms with E-state index in [4.69, 9.17) is 0 Å². The maximum atomic E-state index is 13.2. The van der Waals surface area contributed by atoms with Crippen molar-refractivity contribution in [3.8, 4) is 10.6 Å². The maximum Gasteiger partial charge on any atom is 0.171 e. The summed E-state index contributed by atoms with van der Waals surface area (Å²) in [5.41, 5.74) is 0.477. The van der Waals surface area contributed by atoms with Gasteiger partial charge in [0.15, 0.2) is 12.1 Å². The zero-order valence-corrected chi connectivity index (χ0v) is 10.1. The summed E-state index contributed by atoms with van der Waals surface area (Å²) in [5, 5.41) is 1.12. The Morgan fingerprint density at radius 1 is 1.17 bits per heavy atom. The molecule has 0 aliphatic heterocycles. The topological polar surface area (TPSA) is 30.0 Å². The zero-order valence-electron chi connectivity index (χ0n) is 9.26. The number of pyridine rings is 1. The third-order valence-electron chi connectivity index (χ3n) is 2.66. The summed E-state index contributed by atoms with van der Waals surface area (Å²) in [6.45, 7) is 0. The van der Waals surface area contributed by atoms with Crippen LogP contribution in [-0.4, -0.2) is 11.3 Å². The molecule has 4 heteroatoms. The number of benzene rings is 1. The van der Waals surface area contributed by atoms with E-state index in [1.807, 2.05) is 30.3 Å². The van der Waals surface area contributed by atoms with Gasteiger partial charge in [0, 0.05) is 4.70 Å². The van der Waals surface area contributed by atoms with Gasteiger partial charge in [-0.1, -0.05) is 18.2 Å². The van der Waals surface area contributed by atoms with Crippen LogP contribution < -0.4 is 0 Å². The van der Waals surface area contributed by atoms with Gasteiger partial charge in [-0.05, 0) is 29.7 Å². The minimum atomic E-state index is -0.588. The second kappa shape index (κ2) is 4.31. The number of rotatable bonds is 2. The number of hydrogen-bond acceptors (Lipinski definition) is 3. The Hall–Kier alpha value is -2.07. The summed E-state index contributed by atoms with van der Waals surface area (Å²) in [6, 6.07) is 12.8. The van der Waals surface area contributed by atoms with Gasteiger partial charge in [-0.15, -0.1) is 11.3 Å². The van der Waals surface area contributed by atoms with Crippen LogP contribution in [0.15, 0.2) is 42.5 Å². The number of hydrogen-bond donors (Lipinski definition) is 0. The molecule has 0 spiro atoms. The number of aromatic nitrogens is 1. The van der Waals surface area contributed by atoms with Crippen molar-refractivity contribution < 1.29 is 9.18 Å². The average molecular weight is 257 g/mol. The molecule has 0 aliphatic carbocycles. The van der Waals surface area contributed by atoms with Gasteiger partial charge in [0.05, 0.1) is 10.6 Å². The van der Waals surface area contributed by atoms with Crippen LogP contribution in [0.1, 0.15) is 10.5 Å². The fourth-order valence-electron chi connectivity index (χ4n) is 1.79. The Morgan fingerprint density at radius 3 is 2.78 bits per heavy atom. The fourth-order valence-corrected chi connectivity index (χ4v) is 2.82. The molecule has 88 valence electrons. The van der Waals surface area contributed by atoms with Crippen molar-refractivity contribution in [2.45, 2.75) is 0 Å². The number of nitrogens with zero attached hydrogens (tertiary/aromatic N) is 1. The summed E-state index contributed by atoms with van der Waals surface area (Å²) in [5.74, 6) is -0.588. The second-order valence-electron chi connectivity index (χ2n) is 3.83. The normalized spacial score (nSPS) is 10.7. The van der Waals surface area contributed by atoms with Crippen LogP contribution in [0.3, 0.4) is 0 Å². The van der Waals surface area contributed by atoms with Crippen LogP contribution in [0.4, 0.5) is 4.39 Å². The first kappa shape index (κ1) is 11.0. The maximum absolute atomic E-state index is 13.2. The predicted molar refractivity (Wildman–Crippen MR) is 70.4 cm³/mol. The van der Waals surface area contributed by atoms with E-state index in [9.17, 15) is 9.18 Å². The van der Waals surface area contributed by atoms with Gasteiger partial charge in [0.1, 0.15) is 5.69 Å². The van der Waals surface area contributed by atoms with Crippen LogP contribution in [-0.2, 0) is 0 Å². The summed E-state index contributed by atoms with van der Waals surface area (Å²) < 4.78 is 14.3. The van der Waals surface area contributed by atoms with Crippen molar-refractivity contribution in [3.63, 3.8) is 0 Å². The molecule has 0 saturated carbocycles. The van der Waals surface area contributed by atoms with Gasteiger partial charge in [0.2, 0.25) is 0 Å². The first-order valence-corrected chi connectivity index (χ1v) is 6.20. The number of carbonyl (C=O) groups is 1. The molecule has 1 aromatic carbocycles. The Kier molecular flexibility index (Phi) is 2.64. The van der Waals surface area contributed by atoms with Crippen molar-refractivity contribution >= 4 is 27.7 Å². The quantitative estimate of drug-likeness (QED) is 0.651. The lowest BCUT2D eigenvalue weighted by Crippen LogP contribution is -1.93. The van der Waals surface area contributed by atoms with Crippen molar-refractivity contribution in [3.05, 3.63) is 54.0 Å². The third kappa shape index (κ3) is 1.80. The van der Waals surface area contributed by atoms with Crippen molar-refractivity contribution in [1.82, 2.24) is 4.98 Å². The van der Waals surface area contributed by atoms with Crippen LogP contribution in [0.25, 0.3) is 20.7 Å². The van der Waals surface area contributed by atoms with E-state index < -0.39 is 5.82 Å². The minimum Gasteiger partial charge on any atom is -0.296 e. The smallest absolute Gasteiger partial charge is 0.171 e. The van der Waals surface area contributed by atoms with Gasteiger partial charge in [-0.3, -0.25) is 4.79 Å². The number of halogens is 1. The van der Waals surface area contributed by atoms with E-state index in [0.717, 1.165) is 15.0 Å². The standard InChI is InChI=1S/C14H8FNOS/c15-10-5-6-11(16-12(10)8-17)14-7-9-3-1-2-4-13(9)18-14/h1-8H. The van der Waals surface area contributed by atoms with Gasteiger partial charge in [0.25, 0.3) is 0 Å². The Labute approximate surface area is 107 Å². The fraction of sp³-hybridized carbons (Fsp3) is 0. The molecular weight excluding hydrogens is 249 g/mol. The Balaban J connectivity index is 2.16. The third-order valence-corrected chi connectivity index (χ3v) is 3.80. The van der Waals surface area contributed by atoms with Crippen molar-refractivity contribution in [2.24, 2.45) is 0 Å². The molecule has 2 nitrogen and oxygen atoms in total. The number of carbonyl (C=O) groups excluding carboxylic acids is 1. The molecule has 0 bridgehead atoms. The Morgan fingerprint density at radius 2 is 2.00 bits per heavy atom. The summed E-state index contributed by atoms with van der Waals surface area (Å²) >= 11 is 1.57. The van der Waals surface area contributed by atoms with E-state index >= 15 is 0 Å². The predicted octanol–water partition coefficient (Wildman–Crippen LogP) is 3.91. The molecule has 0 atom stereocenters. The summed E-state index contributed by atoms with van der Waals surface area (Å²) in [7, 11) is 0. The van der Waals surface area contributed by atoms with Crippen molar-refractivity contribution in [1.29, 1.82) is 0 Å². The average Bonchev–Trinajstić information content (AvgIpc) is 2.83. The van der Waals surface area contributed by atoms with Gasteiger partial charge >= 0.3 is 0 Å². The monoisotopic (exact) mass is 257 g/mol. The highest BCUT2D eigenvalue weighted by atomic mass is 32.1. The Bertz CT molecular complexity index is 702. The molecule has 3 rings (SSSR count). The van der Waals surface area contributed by atoms with Crippen LogP contribution in [0, 0.1) is 5.82 Å². The summed E-state index contributed by atoms with van der Waals surface area (Å²) in [6.07, 6.45) is 0.437. The molecule has 0 radical (unpaired) electrons. The van der Waals surface area contributed by atoms with Gasteiger partial charge < -0.3 is 0 Å². The molecule has 2 aromatic heterocycles. The lowest BCUT2D eigenvalue weighted by Gasteiger charge is -1.98. The first-order valence-electron chi connectivity index (χ1n) is 5.38. The van der Waals surface area contributed by atoms with E-state index in [2.05, 4.69) is 4.98 Å². The van der Waals surface area contributed by atoms with E-state index in [0.29, 0.717) is 12.0 Å². The molecule has 0 aliphatic rings. The van der Waals surface area contributed by atoms with Gasteiger partial charge in [-0.2, -0.15) is 0 Å². The lowest BCUT2D eigenvalue weighted by atomic mass is 10.2. The zero-order chi connectivity index (χ0) is 12.5. The number of thiophene rings is 1. The minimum absolute atomic E-state index is 0.148.